The molecule has 0 saturated heterocycles. The van der Waals surface area contributed by atoms with Crippen molar-refractivity contribution in [2.24, 2.45) is 0 Å². The summed E-state index contributed by atoms with van der Waals surface area (Å²) in [6.45, 7) is 0. The molecule has 0 bridgehead atoms. The van der Waals surface area contributed by atoms with Crippen molar-refractivity contribution in [3.8, 4) is 33.9 Å². The van der Waals surface area contributed by atoms with Crippen molar-refractivity contribution in [3.63, 3.8) is 0 Å². The number of hydrogen-bond donors (Lipinski definition) is 0. The first-order valence-corrected chi connectivity index (χ1v) is 7.03. The van der Waals surface area contributed by atoms with Crippen molar-refractivity contribution in [1.29, 1.82) is 0 Å². The van der Waals surface area contributed by atoms with Gasteiger partial charge in [-0.2, -0.15) is 0 Å². The molecule has 1 heterocycles. The molecule has 0 aliphatic rings. The summed E-state index contributed by atoms with van der Waals surface area (Å²) in [5.74, 6) is 2.03. The van der Waals surface area contributed by atoms with Gasteiger partial charge in [-0.15, -0.1) is 0 Å². The van der Waals surface area contributed by atoms with Crippen LogP contribution in [0.4, 0.5) is 0 Å². The van der Waals surface area contributed by atoms with Gasteiger partial charge in [-0.05, 0) is 35.9 Å². The largest absolute Gasteiger partial charge is 0.497 e. The van der Waals surface area contributed by atoms with E-state index in [-0.39, 0.29) is 0 Å². The van der Waals surface area contributed by atoms with E-state index in [9.17, 15) is 0 Å². The molecule has 0 radical (unpaired) electrons. The Morgan fingerprint density at radius 2 is 1.73 bits per heavy atom. The quantitative estimate of drug-likeness (QED) is 0.701. The summed E-state index contributed by atoms with van der Waals surface area (Å²) in [5, 5.41) is 4.61. The Morgan fingerprint density at radius 3 is 2.41 bits per heavy atom. The minimum atomic E-state index is 0.623. The van der Waals surface area contributed by atoms with Crippen LogP contribution in [0.3, 0.4) is 0 Å². The first-order chi connectivity index (χ1) is 10.7. The van der Waals surface area contributed by atoms with Crippen LogP contribution in [-0.4, -0.2) is 19.4 Å². The Hall–Kier alpha value is -2.46. The number of benzene rings is 2. The Labute approximate surface area is 133 Å². The highest BCUT2D eigenvalue weighted by atomic mass is 35.5. The summed E-state index contributed by atoms with van der Waals surface area (Å²) in [7, 11) is 3.23. The van der Waals surface area contributed by atoms with Crippen LogP contribution in [0, 0.1) is 0 Å². The summed E-state index contributed by atoms with van der Waals surface area (Å²) in [5.41, 5.74) is 2.61. The van der Waals surface area contributed by atoms with Gasteiger partial charge >= 0.3 is 0 Å². The van der Waals surface area contributed by atoms with Crippen molar-refractivity contribution < 1.29 is 14.0 Å². The molecule has 0 amide bonds. The number of ether oxygens (including phenoxy) is 2. The fourth-order valence-electron chi connectivity index (χ4n) is 2.26. The van der Waals surface area contributed by atoms with Gasteiger partial charge in [0.1, 0.15) is 11.5 Å². The second-order valence-corrected chi connectivity index (χ2v) is 5.08. The molecule has 0 aliphatic heterocycles. The second kappa shape index (κ2) is 6.12. The van der Waals surface area contributed by atoms with E-state index in [4.69, 9.17) is 25.6 Å². The van der Waals surface area contributed by atoms with E-state index in [1.165, 1.54) is 0 Å². The maximum Gasteiger partial charge on any atom is 0.178 e. The summed E-state index contributed by atoms with van der Waals surface area (Å²) in [6.07, 6.45) is 1.68. The van der Waals surface area contributed by atoms with Gasteiger partial charge in [-0.3, -0.25) is 0 Å². The zero-order chi connectivity index (χ0) is 15.5. The van der Waals surface area contributed by atoms with Gasteiger partial charge in [0.25, 0.3) is 0 Å². The number of aromatic nitrogens is 1. The maximum absolute atomic E-state index is 5.94. The fraction of sp³-hybridized carbons (Fsp3) is 0.118. The standard InChI is InChI=1S/C17H14ClNO3/c1-20-13-7-8-16(21-2)14(9-13)17-15(10-19-22-17)11-3-5-12(18)6-4-11/h3-10H,1-2H3. The molecule has 4 nitrogen and oxygen atoms in total. The molecule has 0 N–H and O–H groups in total. The summed E-state index contributed by atoms with van der Waals surface area (Å²) in [6, 6.07) is 13.0. The third-order valence-electron chi connectivity index (χ3n) is 3.38. The lowest BCUT2D eigenvalue weighted by Crippen LogP contribution is -1.90. The molecule has 0 aliphatic carbocycles. The highest BCUT2D eigenvalue weighted by molar-refractivity contribution is 6.30. The maximum atomic E-state index is 5.94. The molecule has 2 aromatic carbocycles. The minimum Gasteiger partial charge on any atom is -0.497 e. The van der Waals surface area contributed by atoms with Crippen molar-refractivity contribution in [3.05, 3.63) is 53.7 Å². The molecule has 0 spiro atoms. The molecular formula is C17H14ClNO3. The molecule has 1 aromatic heterocycles. The van der Waals surface area contributed by atoms with Crippen molar-refractivity contribution >= 4 is 11.6 Å². The van der Waals surface area contributed by atoms with E-state index in [1.807, 2.05) is 42.5 Å². The lowest BCUT2D eigenvalue weighted by atomic mass is 10.0. The van der Waals surface area contributed by atoms with E-state index in [2.05, 4.69) is 5.16 Å². The molecule has 22 heavy (non-hydrogen) atoms. The average Bonchev–Trinajstić information content (AvgIpc) is 3.04. The molecule has 5 heteroatoms. The van der Waals surface area contributed by atoms with E-state index < -0.39 is 0 Å². The summed E-state index contributed by atoms with van der Waals surface area (Å²) >= 11 is 5.94. The Kier molecular flexibility index (Phi) is 4.02. The third kappa shape index (κ3) is 2.65. The van der Waals surface area contributed by atoms with Crippen LogP contribution in [0.5, 0.6) is 11.5 Å². The van der Waals surface area contributed by atoms with Crippen LogP contribution in [0.15, 0.2) is 53.2 Å². The van der Waals surface area contributed by atoms with Crippen LogP contribution >= 0.6 is 11.6 Å². The molecular weight excluding hydrogens is 302 g/mol. The smallest absolute Gasteiger partial charge is 0.178 e. The number of hydrogen-bond acceptors (Lipinski definition) is 4. The van der Waals surface area contributed by atoms with E-state index in [0.717, 1.165) is 16.7 Å². The zero-order valence-corrected chi connectivity index (χ0v) is 12.9. The normalized spacial score (nSPS) is 10.5. The first-order valence-electron chi connectivity index (χ1n) is 6.66. The highest BCUT2D eigenvalue weighted by Crippen LogP contribution is 2.39. The average molecular weight is 316 g/mol. The lowest BCUT2D eigenvalue weighted by molar-refractivity contribution is 0.398. The van der Waals surface area contributed by atoms with Gasteiger partial charge in [0, 0.05) is 10.6 Å². The topological polar surface area (TPSA) is 44.5 Å². The fourth-order valence-corrected chi connectivity index (χ4v) is 2.39. The van der Waals surface area contributed by atoms with Crippen LogP contribution in [-0.2, 0) is 0 Å². The van der Waals surface area contributed by atoms with Crippen molar-refractivity contribution in [2.75, 3.05) is 14.2 Å². The van der Waals surface area contributed by atoms with E-state index in [0.29, 0.717) is 22.3 Å². The van der Waals surface area contributed by atoms with Gasteiger partial charge in [0.2, 0.25) is 0 Å². The number of halogens is 1. The lowest BCUT2D eigenvalue weighted by Gasteiger charge is -2.09. The number of methoxy groups -OCH3 is 2. The van der Waals surface area contributed by atoms with Gasteiger partial charge in [0.05, 0.1) is 26.0 Å². The molecule has 3 rings (SSSR count). The summed E-state index contributed by atoms with van der Waals surface area (Å²) in [4.78, 5) is 0. The predicted octanol–water partition coefficient (Wildman–Crippen LogP) is 4.68. The SMILES string of the molecule is COc1ccc(OC)c(-c2oncc2-c2ccc(Cl)cc2)c1. The van der Waals surface area contributed by atoms with Gasteiger partial charge in [0.15, 0.2) is 5.76 Å². The molecule has 0 atom stereocenters. The van der Waals surface area contributed by atoms with Crippen molar-refractivity contribution in [1.82, 2.24) is 5.16 Å². The van der Waals surface area contributed by atoms with Gasteiger partial charge < -0.3 is 14.0 Å². The van der Waals surface area contributed by atoms with Crippen molar-refractivity contribution in [2.45, 2.75) is 0 Å². The van der Waals surface area contributed by atoms with Gasteiger partial charge in [-0.25, -0.2) is 0 Å². The highest BCUT2D eigenvalue weighted by Gasteiger charge is 2.17. The van der Waals surface area contributed by atoms with Crippen LogP contribution in [0.2, 0.25) is 5.02 Å². The molecule has 112 valence electrons. The Balaban J connectivity index is 2.14. The Morgan fingerprint density at radius 1 is 0.955 bits per heavy atom. The van der Waals surface area contributed by atoms with Crippen LogP contribution in [0.25, 0.3) is 22.5 Å². The monoisotopic (exact) mass is 315 g/mol. The summed E-state index contributed by atoms with van der Waals surface area (Å²) < 4.78 is 16.2. The zero-order valence-electron chi connectivity index (χ0n) is 12.2. The van der Waals surface area contributed by atoms with E-state index in [1.54, 1.807) is 20.4 Å². The predicted molar refractivity (Wildman–Crippen MR) is 85.5 cm³/mol. The first kappa shape index (κ1) is 14.5. The van der Waals surface area contributed by atoms with Gasteiger partial charge in [-0.1, -0.05) is 28.9 Å². The molecule has 0 unspecified atom stereocenters. The molecule has 0 saturated carbocycles. The minimum absolute atomic E-state index is 0.623. The third-order valence-corrected chi connectivity index (χ3v) is 3.63. The number of rotatable bonds is 4. The van der Waals surface area contributed by atoms with Crippen LogP contribution < -0.4 is 9.47 Å². The second-order valence-electron chi connectivity index (χ2n) is 4.64. The molecule has 3 aromatic rings. The molecule has 0 fully saturated rings. The Bertz CT molecular complexity index is 781. The van der Waals surface area contributed by atoms with E-state index >= 15 is 0 Å². The number of nitrogens with zero attached hydrogens (tertiary/aromatic N) is 1. The van der Waals surface area contributed by atoms with Crippen LogP contribution in [0.1, 0.15) is 0 Å².